The Morgan fingerprint density at radius 2 is 1.45 bits per heavy atom. The molecule has 8 rings (SSSR count). The van der Waals surface area contributed by atoms with Gasteiger partial charge in [0.1, 0.15) is 5.75 Å². The first-order valence-corrected chi connectivity index (χ1v) is 13.3. The number of carbonyl (C=O) groups excluding carboxylic acids is 3. The summed E-state index contributed by atoms with van der Waals surface area (Å²) < 4.78 is 0. The van der Waals surface area contributed by atoms with E-state index in [1.54, 1.807) is 42.6 Å². The topological polar surface area (TPSA) is 99.1 Å². The van der Waals surface area contributed by atoms with E-state index >= 15 is 0 Å². The van der Waals surface area contributed by atoms with Crippen molar-refractivity contribution in [2.45, 2.75) is 11.3 Å². The first-order valence-electron chi connectivity index (χ1n) is 12.9. The number of anilines is 1. The van der Waals surface area contributed by atoms with E-state index in [0.717, 1.165) is 22.3 Å². The lowest BCUT2D eigenvalue weighted by atomic mass is 9.47. The zero-order chi connectivity index (χ0) is 27.6. The summed E-state index contributed by atoms with van der Waals surface area (Å²) in [6, 6.07) is 28.6. The van der Waals surface area contributed by atoms with Crippen molar-refractivity contribution in [2.75, 3.05) is 4.90 Å². The average molecular weight is 548 g/mol. The molecule has 8 heteroatoms. The molecule has 1 fully saturated rings. The van der Waals surface area contributed by atoms with Crippen molar-refractivity contribution in [3.05, 3.63) is 130 Å². The number of phenols is 1. The normalized spacial score (nSPS) is 24.1. The number of imide groups is 1. The second-order valence-electron chi connectivity index (χ2n) is 10.2. The molecule has 1 saturated heterocycles. The van der Waals surface area contributed by atoms with Crippen LogP contribution < -0.4 is 10.3 Å². The molecule has 196 valence electrons. The van der Waals surface area contributed by atoms with E-state index in [1.807, 2.05) is 48.5 Å². The monoisotopic (exact) mass is 547 g/mol. The maximum absolute atomic E-state index is 14.3. The van der Waals surface area contributed by atoms with Crippen molar-refractivity contribution in [3.63, 3.8) is 0 Å². The summed E-state index contributed by atoms with van der Waals surface area (Å²) in [5.41, 5.74) is 5.42. The third-order valence-corrected chi connectivity index (χ3v) is 8.68. The van der Waals surface area contributed by atoms with Crippen molar-refractivity contribution in [2.24, 2.45) is 16.9 Å². The van der Waals surface area contributed by atoms with Crippen LogP contribution in [0, 0.1) is 11.8 Å². The molecular weight excluding hydrogens is 526 g/mol. The Bertz CT molecular complexity index is 1720. The summed E-state index contributed by atoms with van der Waals surface area (Å²) in [5.74, 6) is -3.27. The number of nitrogens with zero attached hydrogens (tertiary/aromatic N) is 2. The highest BCUT2D eigenvalue weighted by atomic mass is 35.5. The number of halogens is 1. The van der Waals surface area contributed by atoms with Crippen molar-refractivity contribution in [3.8, 4) is 5.75 Å². The van der Waals surface area contributed by atoms with E-state index in [9.17, 15) is 19.5 Å². The minimum absolute atomic E-state index is 0.0696. The Morgan fingerprint density at radius 3 is 2.12 bits per heavy atom. The number of carbonyl (C=O) groups is 3. The molecule has 0 spiro atoms. The van der Waals surface area contributed by atoms with Crippen LogP contribution in [-0.4, -0.2) is 29.0 Å². The molecule has 4 aromatic carbocycles. The van der Waals surface area contributed by atoms with Gasteiger partial charge in [-0.25, -0.2) is 10.3 Å². The molecule has 40 heavy (non-hydrogen) atoms. The number of hydrogen-bond donors (Lipinski definition) is 2. The van der Waals surface area contributed by atoms with Crippen molar-refractivity contribution < 1.29 is 19.5 Å². The van der Waals surface area contributed by atoms with Crippen LogP contribution in [0.4, 0.5) is 5.69 Å². The average Bonchev–Trinajstić information content (AvgIpc) is 3.24. The number of rotatable bonds is 4. The van der Waals surface area contributed by atoms with Crippen molar-refractivity contribution >= 4 is 41.2 Å². The molecule has 4 aliphatic rings. The number of para-hydroxylation sites is 2. The van der Waals surface area contributed by atoms with Gasteiger partial charge >= 0.3 is 0 Å². The molecule has 3 aliphatic carbocycles. The summed E-state index contributed by atoms with van der Waals surface area (Å²) in [6.45, 7) is 0. The largest absolute Gasteiger partial charge is 0.507 e. The Kier molecular flexibility index (Phi) is 5.40. The molecule has 0 saturated carbocycles. The Balaban J connectivity index is 1.42. The summed E-state index contributed by atoms with van der Waals surface area (Å²) in [5, 5.41) is 14.8. The fraction of sp³-hybridized carbons (Fsp3) is 0.125. The Hall–Kier alpha value is -4.75. The minimum Gasteiger partial charge on any atom is -0.507 e. The molecule has 1 heterocycles. The summed E-state index contributed by atoms with van der Waals surface area (Å²) in [4.78, 5) is 42.6. The van der Waals surface area contributed by atoms with Gasteiger partial charge in [0, 0.05) is 12.1 Å². The molecule has 2 bridgehead atoms. The van der Waals surface area contributed by atoms with Crippen LogP contribution in [0.25, 0.3) is 0 Å². The number of benzene rings is 4. The molecular formula is C32H22ClN3O4. The fourth-order valence-electron chi connectivity index (χ4n) is 6.84. The summed E-state index contributed by atoms with van der Waals surface area (Å²) in [6.07, 6.45) is 1.58. The summed E-state index contributed by atoms with van der Waals surface area (Å²) >= 11 is 6.48. The lowest BCUT2D eigenvalue weighted by Crippen LogP contribution is -2.54. The van der Waals surface area contributed by atoms with E-state index in [0.29, 0.717) is 10.7 Å². The van der Waals surface area contributed by atoms with Gasteiger partial charge in [0.2, 0.25) is 11.8 Å². The van der Waals surface area contributed by atoms with Crippen LogP contribution in [-0.2, 0) is 15.0 Å². The van der Waals surface area contributed by atoms with Crippen LogP contribution in [0.5, 0.6) is 5.75 Å². The van der Waals surface area contributed by atoms with Gasteiger partial charge in [-0.1, -0.05) is 84.4 Å². The number of aromatic hydroxyl groups is 1. The lowest BCUT2D eigenvalue weighted by molar-refractivity contribution is -0.122. The Labute approximate surface area is 234 Å². The quantitative estimate of drug-likeness (QED) is 0.213. The first kappa shape index (κ1) is 24.3. The second-order valence-corrected chi connectivity index (χ2v) is 10.6. The molecule has 7 nitrogen and oxygen atoms in total. The third kappa shape index (κ3) is 3.18. The number of hydrazone groups is 1. The highest BCUT2D eigenvalue weighted by Gasteiger charge is 2.68. The Morgan fingerprint density at radius 1 is 0.850 bits per heavy atom. The molecule has 0 radical (unpaired) electrons. The standard InChI is InChI=1S/C32H22ClN3O4/c33-23-14-6-7-15-24(23)36-30(39)27-26-18-9-1-4-12-21(18)32(28(27)31(36)40,22-13-5-2-10-19(22)26)17-34-35-29(38)20-11-3-8-16-25(20)37/h1-17,26-28,37H,(H,35,38)/b34-17-/t26?,27-,28-,32?/m1/s1. The van der Waals surface area contributed by atoms with Crippen LogP contribution in [0.15, 0.2) is 102 Å². The van der Waals surface area contributed by atoms with Gasteiger partial charge in [0.25, 0.3) is 5.91 Å². The van der Waals surface area contributed by atoms with Crippen LogP contribution in [0.3, 0.4) is 0 Å². The van der Waals surface area contributed by atoms with E-state index in [4.69, 9.17) is 11.6 Å². The van der Waals surface area contributed by atoms with Crippen LogP contribution in [0.1, 0.15) is 38.5 Å². The van der Waals surface area contributed by atoms with Gasteiger partial charge in [0.05, 0.1) is 33.5 Å². The van der Waals surface area contributed by atoms with Gasteiger partial charge in [-0.15, -0.1) is 0 Å². The second kappa shape index (κ2) is 8.89. The number of phenolic OH excluding ortho intramolecular Hbond substituents is 1. The van der Waals surface area contributed by atoms with E-state index in [2.05, 4.69) is 10.5 Å². The molecule has 0 unspecified atom stereocenters. The zero-order valence-electron chi connectivity index (χ0n) is 21.0. The first-order chi connectivity index (χ1) is 19.4. The molecule has 1 aliphatic heterocycles. The maximum Gasteiger partial charge on any atom is 0.275 e. The van der Waals surface area contributed by atoms with Crippen molar-refractivity contribution in [1.82, 2.24) is 5.43 Å². The highest BCUT2D eigenvalue weighted by Crippen LogP contribution is 2.63. The van der Waals surface area contributed by atoms with E-state index in [-0.39, 0.29) is 29.0 Å². The van der Waals surface area contributed by atoms with Crippen LogP contribution in [0.2, 0.25) is 5.02 Å². The SMILES string of the molecule is O=C(N/N=C\C12c3ccccc3C(c3ccccc31)[C@H]1C(=O)N(c3ccccc3Cl)C(=O)[C@@H]12)c1ccccc1O. The van der Waals surface area contributed by atoms with Gasteiger partial charge in [0.15, 0.2) is 0 Å². The molecule has 2 atom stereocenters. The molecule has 2 N–H and O–H groups in total. The number of nitrogens with one attached hydrogen (secondary N) is 1. The molecule has 0 aromatic heterocycles. The van der Waals surface area contributed by atoms with Gasteiger partial charge in [-0.05, 0) is 46.5 Å². The zero-order valence-corrected chi connectivity index (χ0v) is 21.7. The van der Waals surface area contributed by atoms with Crippen LogP contribution >= 0.6 is 11.6 Å². The van der Waals surface area contributed by atoms with E-state index < -0.39 is 23.2 Å². The van der Waals surface area contributed by atoms with Gasteiger partial charge < -0.3 is 5.11 Å². The minimum atomic E-state index is -1.14. The third-order valence-electron chi connectivity index (χ3n) is 8.36. The van der Waals surface area contributed by atoms with Gasteiger partial charge in [-0.2, -0.15) is 5.10 Å². The predicted molar refractivity (Wildman–Crippen MR) is 150 cm³/mol. The molecule has 4 aromatic rings. The summed E-state index contributed by atoms with van der Waals surface area (Å²) in [7, 11) is 0. The predicted octanol–water partition coefficient (Wildman–Crippen LogP) is 5.01. The highest BCUT2D eigenvalue weighted by molar-refractivity contribution is 6.36. The maximum atomic E-state index is 14.3. The fourth-order valence-corrected chi connectivity index (χ4v) is 7.06. The van der Waals surface area contributed by atoms with Crippen molar-refractivity contribution in [1.29, 1.82) is 0 Å². The smallest absolute Gasteiger partial charge is 0.275 e. The molecule has 3 amide bonds. The number of hydrogen-bond acceptors (Lipinski definition) is 5. The lowest BCUT2D eigenvalue weighted by Gasteiger charge is -2.52. The van der Waals surface area contributed by atoms with E-state index in [1.165, 1.54) is 17.0 Å². The number of amides is 3. The van der Waals surface area contributed by atoms with Gasteiger partial charge in [-0.3, -0.25) is 14.4 Å².